The van der Waals surface area contributed by atoms with Crippen molar-refractivity contribution in [3.63, 3.8) is 0 Å². The molecule has 7 nitrogen and oxygen atoms in total. The number of hydrogen-bond donors (Lipinski definition) is 2. The summed E-state index contributed by atoms with van der Waals surface area (Å²) in [5.41, 5.74) is 0. The Morgan fingerprint density at radius 1 is 1.37 bits per heavy atom. The van der Waals surface area contributed by atoms with Crippen LogP contribution in [-0.4, -0.2) is 70.8 Å². The number of rotatable bonds is 7. The van der Waals surface area contributed by atoms with Crippen molar-refractivity contribution in [3.05, 3.63) is 0 Å². The van der Waals surface area contributed by atoms with Gasteiger partial charge in [0.25, 0.3) is 0 Å². The lowest BCUT2D eigenvalue weighted by molar-refractivity contribution is -0.125. The van der Waals surface area contributed by atoms with Gasteiger partial charge in [0.2, 0.25) is 15.9 Å². The predicted molar refractivity (Wildman–Crippen MR) is 72.3 cm³/mol. The van der Waals surface area contributed by atoms with Gasteiger partial charge in [0.15, 0.2) is 0 Å². The summed E-state index contributed by atoms with van der Waals surface area (Å²) in [6, 6.07) is 0.00968. The fourth-order valence-corrected chi connectivity index (χ4v) is 2.62. The summed E-state index contributed by atoms with van der Waals surface area (Å²) in [5, 5.41) is 5.85. The molecule has 1 aliphatic rings. The first-order chi connectivity index (χ1) is 8.88. The number of hydrogen-bond acceptors (Lipinski definition) is 5. The summed E-state index contributed by atoms with van der Waals surface area (Å²) in [7, 11) is -0.319. The van der Waals surface area contributed by atoms with E-state index in [1.54, 1.807) is 0 Å². The Morgan fingerprint density at radius 3 is 2.63 bits per heavy atom. The van der Waals surface area contributed by atoms with Crippen LogP contribution in [0.25, 0.3) is 0 Å². The monoisotopic (exact) mass is 293 g/mol. The molecule has 1 fully saturated rings. The second kappa shape index (κ2) is 7.18. The molecule has 0 aromatic rings. The first-order valence-electron chi connectivity index (χ1n) is 6.37. The van der Waals surface area contributed by atoms with Gasteiger partial charge in [-0.05, 0) is 6.54 Å². The third kappa shape index (κ3) is 4.72. The number of ether oxygens (including phenoxy) is 1. The zero-order chi connectivity index (χ0) is 14.5. The van der Waals surface area contributed by atoms with Crippen LogP contribution in [0.15, 0.2) is 0 Å². The van der Waals surface area contributed by atoms with Crippen molar-refractivity contribution in [1.29, 1.82) is 0 Å². The number of nitrogens with one attached hydrogen (secondary N) is 2. The van der Waals surface area contributed by atoms with Crippen LogP contribution >= 0.6 is 0 Å². The summed E-state index contributed by atoms with van der Waals surface area (Å²) in [5.74, 6) is -0.495. The second-order valence-corrected chi connectivity index (χ2v) is 7.00. The Hall–Kier alpha value is -0.700. The lowest BCUT2D eigenvalue weighted by Gasteiger charge is -2.18. The highest BCUT2D eigenvalue weighted by molar-refractivity contribution is 7.89. The molecule has 0 radical (unpaired) electrons. The molecule has 1 heterocycles. The normalized spacial score (nSPS) is 23.8. The maximum atomic E-state index is 11.9. The highest BCUT2D eigenvalue weighted by Gasteiger charge is 2.33. The number of amides is 1. The van der Waals surface area contributed by atoms with Crippen LogP contribution in [0.4, 0.5) is 0 Å². The lowest BCUT2D eigenvalue weighted by atomic mass is 10.0. The predicted octanol–water partition coefficient (Wildman–Crippen LogP) is -1.38. The standard InChI is InChI=1S/C11H23N3O4S/c1-4-12-10-8-18-7-9(10)11(15)13-5-6-19(16,17)14(2)3/h9-10,12H,4-8H2,1-3H3,(H,13,15). The third-order valence-corrected chi connectivity index (χ3v) is 4.93. The van der Waals surface area contributed by atoms with E-state index in [2.05, 4.69) is 10.6 Å². The smallest absolute Gasteiger partial charge is 0.227 e. The van der Waals surface area contributed by atoms with Gasteiger partial charge >= 0.3 is 0 Å². The molecule has 112 valence electrons. The van der Waals surface area contributed by atoms with Crippen molar-refractivity contribution < 1.29 is 17.9 Å². The van der Waals surface area contributed by atoms with Gasteiger partial charge in [0.1, 0.15) is 0 Å². The van der Waals surface area contributed by atoms with Gasteiger partial charge in [-0.15, -0.1) is 0 Å². The van der Waals surface area contributed by atoms with Gasteiger partial charge in [0.05, 0.1) is 24.9 Å². The number of sulfonamides is 1. The van der Waals surface area contributed by atoms with Crippen molar-refractivity contribution in [1.82, 2.24) is 14.9 Å². The summed E-state index contributed by atoms with van der Waals surface area (Å²) in [6.07, 6.45) is 0. The maximum Gasteiger partial charge on any atom is 0.227 e. The molecule has 8 heteroatoms. The van der Waals surface area contributed by atoms with E-state index >= 15 is 0 Å². The van der Waals surface area contributed by atoms with E-state index in [4.69, 9.17) is 4.74 Å². The highest BCUT2D eigenvalue weighted by atomic mass is 32.2. The summed E-state index contributed by atoms with van der Waals surface area (Å²) in [4.78, 5) is 11.9. The van der Waals surface area contributed by atoms with Gasteiger partial charge in [-0.3, -0.25) is 4.79 Å². The number of nitrogens with zero attached hydrogens (tertiary/aromatic N) is 1. The minimum atomic E-state index is -3.27. The average Bonchev–Trinajstić information content (AvgIpc) is 2.77. The molecule has 0 aromatic heterocycles. The van der Waals surface area contributed by atoms with E-state index in [-0.39, 0.29) is 30.2 Å². The van der Waals surface area contributed by atoms with Crippen molar-refractivity contribution in [3.8, 4) is 0 Å². The molecule has 2 unspecified atom stereocenters. The van der Waals surface area contributed by atoms with Gasteiger partial charge in [-0.25, -0.2) is 12.7 Å². The van der Waals surface area contributed by atoms with Crippen LogP contribution in [0.3, 0.4) is 0 Å². The Bertz CT molecular complexity index is 397. The second-order valence-electron chi connectivity index (χ2n) is 4.70. The van der Waals surface area contributed by atoms with Crippen molar-refractivity contribution >= 4 is 15.9 Å². The lowest BCUT2D eigenvalue weighted by Crippen LogP contribution is -2.45. The zero-order valence-corrected chi connectivity index (χ0v) is 12.5. The number of carbonyl (C=O) groups excluding carboxylic acids is 1. The van der Waals surface area contributed by atoms with E-state index < -0.39 is 10.0 Å². The van der Waals surface area contributed by atoms with Crippen molar-refractivity contribution in [2.75, 3.05) is 46.2 Å². The molecule has 1 rings (SSSR count). The number of likely N-dealkylation sites (N-methyl/N-ethyl adjacent to an activating group) is 1. The quantitative estimate of drug-likeness (QED) is 0.604. The highest BCUT2D eigenvalue weighted by Crippen LogP contribution is 2.13. The molecule has 0 aliphatic carbocycles. The Balaban J connectivity index is 2.39. The van der Waals surface area contributed by atoms with Crippen LogP contribution in [0.5, 0.6) is 0 Å². The molecule has 1 saturated heterocycles. The van der Waals surface area contributed by atoms with Crippen LogP contribution in [0, 0.1) is 5.92 Å². The van der Waals surface area contributed by atoms with E-state index in [0.29, 0.717) is 13.2 Å². The summed E-state index contributed by atoms with van der Waals surface area (Å²) < 4.78 is 29.5. The number of carbonyl (C=O) groups is 1. The van der Waals surface area contributed by atoms with Gasteiger partial charge in [-0.1, -0.05) is 6.92 Å². The van der Waals surface area contributed by atoms with Crippen LogP contribution in [0.1, 0.15) is 6.92 Å². The molecule has 0 spiro atoms. The SMILES string of the molecule is CCNC1COCC1C(=O)NCCS(=O)(=O)N(C)C. The Morgan fingerprint density at radius 2 is 2.05 bits per heavy atom. The molecule has 2 atom stereocenters. The molecule has 0 aromatic carbocycles. The average molecular weight is 293 g/mol. The Kier molecular flexibility index (Phi) is 6.18. The first kappa shape index (κ1) is 16.4. The molecule has 1 aliphatic heterocycles. The first-order valence-corrected chi connectivity index (χ1v) is 7.98. The van der Waals surface area contributed by atoms with E-state index in [1.165, 1.54) is 14.1 Å². The largest absolute Gasteiger partial charge is 0.379 e. The molecular weight excluding hydrogens is 270 g/mol. The summed E-state index contributed by atoms with van der Waals surface area (Å²) in [6.45, 7) is 3.75. The maximum absolute atomic E-state index is 11.9. The van der Waals surface area contributed by atoms with E-state index in [1.807, 2.05) is 6.92 Å². The zero-order valence-electron chi connectivity index (χ0n) is 11.7. The fraction of sp³-hybridized carbons (Fsp3) is 0.909. The molecule has 2 N–H and O–H groups in total. The fourth-order valence-electron chi connectivity index (χ4n) is 1.89. The van der Waals surface area contributed by atoms with Crippen molar-refractivity contribution in [2.45, 2.75) is 13.0 Å². The van der Waals surface area contributed by atoms with E-state index in [0.717, 1.165) is 10.8 Å². The minimum absolute atomic E-state index is 0.00968. The molecule has 19 heavy (non-hydrogen) atoms. The third-order valence-electron chi connectivity index (χ3n) is 3.10. The van der Waals surface area contributed by atoms with Gasteiger partial charge in [0, 0.05) is 26.7 Å². The molecule has 0 bridgehead atoms. The summed E-state index contributed by atoms with van der Waals surface area (Å²) >= 11 is 0. The Labute approximate surface area is 114 Å². The van der Waals surface area contributed by atoms with Crippen LogP contribution in [-0.2, 0) is 19.6 Å². The minimum Gasteiger partial charge on any atom is -0.379 e. The van der Waals surface area contributed by atoms with Gasteiger partial charge < -0.3 is 15.4 Å². The molecular formula is C11H23N3O4S. The van der Waals surface area contributed by atoms with E-state index in [9.17, 15) is 13.2 Å². The van der Waals surface area contributed by atoms with Crippen LogP contribution < -0.4 is 10.6 Å². The van der Waals surface area contributed by atoms with Crippen molar-refractivity contribution in [2.24, 2.45) is 5.92 Å². The topological polar surface area (TPSA) is 87.7 Å². The molecule has 1 amide bonds. The van der Waals surface area contributed by atoms with Crippen LogP contribution in [0.2, 0.25) is 0 Å². The molecule has 0 saturated carbocycles. The van der Waals surface area contributed by atoms with Gasteiger partial charge in [-0.2, -0.15) is 0 Å².